The van der Waals surface area contributed by atoms with E-state index >= 15 is 0 Å². The molecule has 122 valence electrons. The van der Waals surface area contributed by atoms with Crippen LogP contribution in [0.25, 0.3) is 0 Å². The molecule has 0 aliphatic carbocycles. The molecule has 23 heavy (non-hydrogen) atoms. The van der Waals surface area contributed by atoms with Crippen molar-refractivity contribution in [2.75, 3.05) is 13.7 Å². The Balaban J connectivity index is 2.30. The van der Waals surface area contributed by atoms with Crippen molar-refractivity contribution >= 4 is 5.91 Å². The molecule has 0 radical (unpaired) electrons. The smallest absolute Gasteiger partial charge is 0.223 e. The molecule has 1 unspecified atom stereocenters. The van der Waals surface area contributed by atoms with Crippen LogP contribution in [0.5, 0.6) is 0 Å². The minimum atomic E-state index is -0.605. The predicted octanol–water partition coefficient (Wildman–Crippen LogP) is 2.43. The average molecular weight is 312 g/mol. The molecule has 2 aromatic carbocycles. The highest BCUT2D eigenvalue weighted by Crippen LogP contribution is 2.29. The first kappa shape index (κ1) is 17.2. The van der Waals surface area contributed by atoms with Crippen molar-refractivity contribution in [3.05, 3.63) is 71.8 Å². The number of ether oxygens (including phenoxy) is 1. The maximum absolute atomic E-state index is 12.5. The van der Waals surface area contributed by atoms with Gasteiger partial charge in [0.15, 0.2) is 0 Å². The molecule has 0 aliphatic heterocycles. The Kier molecular flexibility index (Phi) is 5.90. The van der Waals surface area contributed by atoms with Crippen LogP contribution in [-0.4, -0.2) is 25.7 Å². The lowest BCUT2D eigenvalue weighted by molar-refractivity contribution is -0.124. The van der Waals surface area contributed by atoms with Crippen molar-refractivity contribution in [2.45, 2.75) is 25.0 Å². The van der Waals surface area contributed by atoms with Crippen molar-refractivity contribution in [1.82, 2.24) is 5.32 Å². The number of rotatable bonds is 7. The van der Waals surface area contributed by atoms with Gasteiger partial charge < -0.3 is 15.8 Å². The SMILES string of the molecule is COC(CN)CC(=O)NC(C)(c1ccccc1)c1ccccc1. The van der Waals surface area contributed by atoms with E-state index in [1.54, 1.807) is 7.11 Å². The van der Waals surface area contributed by atoms with Crippen LogP contribution < -0.4 is 11.1 Å². The number of benzene rings is 2. The zero-order chi connectivity index (χ0) is 16.7. The van der Waals surface area contributed by atoms with Crippen molar-refractivity contribution < 1.29 is 9.53 Å². The molecule has 4 heteroatoms. The second kappa shape index (κ2) is 7.90. The quantitative estimate of drug-likeness (QED) is 0.825. The lowest BCUT2D eigenvalue weighted by Crippen LogP contribution is -2.46. The molecule has 0 saturated heterocycles. The summed E-state index contributed by atoms with van der Waals surface area (Å²) in [5.41, 5.74) is 7.07. The third-order valence-corrected chi connectivity index (χ3v) is 4.10. The summed E-state index contributed by atoms with van der Waals surface area (Å²) in [7, 11) is 1.57. The minimum Gasteiger partial charge on any atom is -0.380 e. The molecule has 0 spiro atoms. The number of nitrogens with two attached hydrogens (primary N) is 1. The van der Waals surface area contributed by atoms with E-state index in [0.717, 1.165) is 11.1 Å². The Hall–Kier alpha value is -2.17. The Bertz CT molecular complexity index is 570. The highest BCUT2D eigenvalue weighted by molar-refractivity contribution is 5.78. The molecular weight excluding hydrogens is 288 g/mol. The van der Waals surface area contributed by atoms with Crippen molar-refractivity contribution in [1.29, 1.82) is 0 Å². The highest BCUT2D eigenvalue weighted by atomic mass is 16.5. The van der Waals surface area contributed by atoms with E-state index in [4.69, 9.17) is 10.5 Å². The summed E-state index contributed by atoms with van der Waals surface area (Å²) < 4.78 is 5.21. The lowest BCUT2D eigenvalue weighted by atomic mass is 9.84. The zero-order valence-corrected chi connectivity index (χ0v) is 13.7. The van der Waals surface area contributed by atoms with Crippen molar-refractivity contribution in [3.8, 4) is 0 Å². The van der Waals surface area contributed by atoms with Crippen molar-refractivity contribution in [2.24, 2.45) is 5.73 Å². The summed E-state index contributed by atoms with van der Waals surface area (Å²) in [6.07, 6.45) is -0.0341. The normalized spacial score (nSPS) is 12.7. The largest absolute Gasteiger partial charge is 0.380 e. The van der Waals surface area contributed by atoms with Gasteiger partial charge in [0.25, 0.3) is 0 Å². The van der Waals surface area contributed by atoms with Crippen LogP contribution in [0.1, 0.15) is 24.5 Å². The molecule has 2 aromatic rings. The van der Waals surface area contributed by atoms with Gasteiger partial charge in [-0.2, -0.15) is 0 Å². The summed E-state index contributed by atoms with van der Waals surface area (Å²) >= 11 is 0. The highest BCUT2D eigenvalue weighted by Gasteiger charge is 2.31. The van der Waals surface area contributed by atoms with E-state index in [0.29, 0.717) is 6.54 Å². The fourth-order valence-corrected chi connectivity index (χ4v) is 2.65. The van der Waals surface area contributed by atoms with Gasteiger partial charge in [-0.05, 0) is 18.1 Å². The van der Waals surface area contributed by atoms with E-state index in [-0.39, 0.29) is 18.4 Å². The first-order valence-electron chi connectivity index (χ1n) is 7.75. The summed E-state index contributed by atoms with van der Waals surface area (Å²) in [4.78, 5) is 12.5. The number of amides is 1. The Morgan fingerprint density at radius 1 is 1.09 bits per heavy atom. The fourth-order valence-electron chi connectivity index (χ4n) is 2.65. The van der Waals surface area contributed by atoms with Crippen LogP contribution >= 0.6 is 0 Å². The van der Waals surface area contributed by atoms with Crippen LogP contribution in [0, 0.1) is 0 Å². The van der Waals surface area contributed by atoms with E-state index in [1.165, 1.54) is 0 Å². The van der Waals surface area contributed by atoms with Gasteiger partial charge in [-0.25, -0.2) is 0 Å². The maximum Gasteiger partial charge on any atom is 0.223 e. The Morgan fingerprint density at radius 3 is 1.96 bits per heavy atom. The number of hydrogen-bond donors (Lipinski definition) is 2. The molecule has 1 amide bonds. The van der Waals surface area contributed by atoms with E-state index in [9.17, 15) is 4.79 Å². The van der Waals surface area contributed by atoms with Gasteiger partial charge in [-0.1, -0.05) is 60.7 Å². The Labute approximate surface area is 137 Å². The minimum absolute atomic E-state index is 0.0856. The number of carbonyl (C=O) groups excluding carboxylic acids is 1. The number of methoxy groups -OCH3 is 1. The molecule has 0 aromatic heterocycles. The molecule has 0 aliphatic rings. The van der Waals surface area contributed by atoms with Gasteiger partial charge in [0.1, 0.15) is 0 Å². The van der Waals surface area contributed by atoms with Gasteiger partial charge >= 0.3 is 0 Å². The average Bonchev–Trinajstić information content (AvgIpc) is 2.61. The van der Waals surface area contributed by atoms with Gasteiger partial charge in [0, 0.05) is 13.7 Å². The van der Waals surface area contributed by atoms with Crippen LogP contribution in [0.4, 0.5) is 0 Å². The summed E-state index contributed by atoms with van der Waals surface area (Å²) in [6.45, 7) is 2.33. The molecular formula is C19H24N2O2. The van der Waals surface area contributed by atoms with Crippen LogP contribution in [-0.2, 0) is 15.1 Å². The van der Waals surface area contributed by atoms with E-state index < -0.39 is 5.54 Å². The third-order valence-electron chi connectivity index (χ3n) is 4.10. The Morgan fingerprint density at radius 2 is 1.57 bits per heavy atom. The van der Waals surface area contributed by atoms with Gasteiger partial charge in [-0.3, -0.25) is 4.79 Å². The second-order valence-electron chi connectivity index (χ2n) is 5.70. The first-order chi connectivity index (χ1) is 11.1. The standard InChI is InChI=1S/C19H24N2O2/c1-19(15-9-5-3-6-10-15,16-11-7-4-8-12-16)21-18(22)13-17(14-20)23-2/h3-12,17H,13-14,20H2,1-2H3,(H,21,22). The summed E-state index contributed by atoms with van der Waals surface area (Å²) in [5, 5.41) is 3.15. The topological polar surface area (TPSA) is 64.3 Å². The maximum atomic E-state index is 12.5. The molecule has 0 saturated carbocycles. The van der Waals surface area contributed by atoms with Crippen LogP contribution in [0.15, 0.2) is 60.7 Å². The number of nitrogens with one attached hydrogen (secondary N) is 1. The zero-order valence-electron chi connectivity index (χ0n) is 13.7. The molecule has 2 rings (SSSR count). The van der Waals surface area contributed by atoms with E-state index in [2.05, 4.69) is 5.32 Å². The first-order valence-corrected chi connectivity index (χ1v) is 7.75. The molecule has 3 N–H and O–H groups in total. The number of hydrogen-bond acceptors (Lipinski definition) is 3. The molecule has 0 bridgehead atoms. The fraction of sp³-hybridized carbons (Fsp3) is 0.316. The van der Waals surface area contributed by atoms with Crippen molar-refractivity contribution in [3.63, 3.8) is 0 Å². The third kappa shape index (κ3) is 4.18. The molecule has 1 atom stereocenters. The monoisotopic (exact) mass is 312 g/mol. The van der Waals surface area contributed by atoms with E-state index in [1.807, 2.05) is 67.6 Å². The summed E-state index contributed by atoms with van der Waals surface area (Å²) in [6, 6.07) is 19.9. The predicted molar refractivity (Wildman–Crippen MR) is 91.9 cm³/mol. The summed E-state index contributed by atoms with van der Waals surface area (Å²) in [5.74, 6) is -0.0856. The van der Waals surface area contributed by atoms with Gasteiger partial charge in [0.2, 0.25) is 5.91 Å². The molecule has 0 fully saturated rings. The molecule has 0 heterocycles. The van der Waals surface area contributed by atoms with Crippen LogP contribution in [0.2, 0.25) is 0 Å². The lowest BCUT2D eigenvalue weighted by Gasteiger charge is -2.32. The molecule has 4 nitrogen and oxygen atoms in total. The second-order valence-corrected chi connectivity index (χ2v) is 5.70. The van der Waals surface area contributed by atoms with Gasteiger partial charge in [-0.15, -0.1) is 0 Å². The van der Waals surface area contributed by atoms with Crippen LogP contribution in [0.3, 0.4) is 0 Å². The van der Waals surface area contributed by atoms with Gasteiger partial charge in [0.05, 0.1) is 18.1 Å². The number of carbonyl (C=O) groups is 1.